The first-order valence-corrected chi connectivity index (χ1v) is 8.16. The molecule has 1 heterocycles. The van der Waals surface area contributed by atoms with Crippen LogP contribution in [0.5, 0.6) is 0 Å². The van der Waals surface area contributed by atoms with Crippen molar-refractivity contribution in [2.75, 3.05) is 33.8 Å². The number of ether oxygens (including phenoxy) is 1. The predicted octanol–water partition coefficient (Wildman–Crippen LogP) is 1.52. The highest BCUT2D eigenvalue weighted by molar-refractivity contribution is 14.0. The van der Waals surface area contributed by atoms with Crippen LogP contribution in [-0.2, 0) is 9.53 Å². The Balaban J connectivity index is 0.00000264. The molecule has 0 aromatic heterocycles. The standard InChI is InChI=1S/C16H28N4O2.HI/c1-20(2)15(21)12-18-16(19-13-7-3-4-8-13)17-11-14-9-5-6-10-22-14;/h3-4,13-14H,5-12H2,1-2H3,(H2,17,18,19);1H. The van der Waals surface area contributed by atoms with Gasteiger partial charge in [-0.3, -0.25) is 4.79 Å². The molecule has 1 atom stereocenters. The zero-order chi connectivity index (χ0) is 15.8. The van der Waals surface area contributed by atoms with Gasteiger partial charge in [-0.05, 0) is 32.1 Å². The highest BCUT2D eigenvalue weighted by Crippen LogP contribution is 2.12. The van der Waals surface area contributed by atoms with Crippen LogP contribution < -0.4 is 10.6 Å². The highest BCUT2D eigenvalue weighted by Gasteiger charge is 2.16. The van der Waals surface area contributed by atoms with Crippen molar-refractivity contribution in [2.45, 2.75) is 44.2 Å². The van der Waals surface area contributed by atoms with E-state index in [2.05, 4.69) is 27.8 Å². The predicted molar refractivity (Wildman–Crippen MR) is 103 cm³/mol. The first-order valence-electron chi connectivity index (χ1n) is 8.16. The Morgan fingerprint density at radius 3 is 2.65 bits per heavy atom. The van der Waals surface area contributed by atoms with Crippen LogP contribution in [-0.4, -0.2) is 62.7 Å². The van der Waals surface area contributed by atoms with Crippen LogP contribution in [0.3, 0.4) is 0 Å². The van der Waals surface area contributed by atoms with Crippen LogP contribution in [0, 0.1) is 0 Å². The van der Waals surface area contributed by atoms with Gasteiger partial charge in [-0.15, -0.1) is 24.0 Å². The van der Waals surface area contributed by atoms with E-state index >= 15 is 0 Å². The molecule has 132 valence electrons. The second-order valence-electron chi connectivity index (χ2n) is 6.11. The average Bonchev–Trinajstić information content (AvgIpc) is 3.03. The van der Waals surface area contributed by atoms with E-state index in [1.165, 1.54) is 6.42 Å². The van der Waals surface area contributed by atoms with E-state index in [9.17, 15) is 4.79 Å². The summed E-state index contributed by atoms with van der Waals surface area (Å²) in [6.07, 6.45) is 10.0. The van der Waals surface area contributed by atoms with Gasteiger partial charge in [0.05, 0.1) is 6.10 Å². The summed E-state index contributed by atoms with van der Waals surface area (Å²) in [5.41, 5.74) is 0. The zero-order valence-corrected chi connectivity index (χ0v) is 16.4. The van der Waals surface area contributed by atoms with Crippen molar-refractivity contribution in [3.8, 4) is 0 Å². The van der Waals surface area contributed by atoms with Crippen molar-refractivity contribution in [1.29, 1.82) is 0 Å². The minimum Gasteiger partial charge on any atom is -0.376 e. The summed E-state index contributed by atoms with van der Waals surface area (Å²) in [5.74, 6) is 0.706. The lowest BCUT2D eigenvalue weighted by atomic mass is 10.1. The molecule has 2 aliphatic rings. The van der Waals surface area contributed by atoms with Crippen molar-refractivity contribution in [1.82, 2.24) is 15.5 Å². The summed E-state index contributed by atoms with van der Waals surface area (Å²) in [6.45, 7) is 1.74. The van der Waals surface area contributed by atoms with Crippen molar-refractivity contribution >= 4 is 35.8 Å². The number of nitrogens with zero attached hydrogens (tertiary/aromatic N) is 2. The van der Waals surface area contributed by atoms with Crippen LogP contribution in [0.15, 0.2) is 17.1 Å². The Labute approximate surface area is 156 Å². The molecule has 0 bridgehead atoms. The van der Waals surface area contributed by atoms with Gasteiger partial charge in [-0.1, -0.05) is 12.2 Å². The summed E-state index contributed by atoms with van der Waals surface area (Å²) < 4.78 is 5.73. The van der Waals surface area contributed by atoms with Gasteiger partial charge in [0, 0.05) is 33.3 Å². The Morgan fingerprint density at radius 1 is 1.30 bits per heavy atom. The summed E-state index contributed by atoms with van der Waals surface area (Å²) >= 11 is 0. The molecule has 0 spiro atoms. The van der Waals surface area contributed by atoms with E-state index in [1.54, 1.807) is 19.0 Å². The molecular formula is C16H29IN4O2. The fraction of sp³-hybridized carbons (Fsp3) is 0.750. The molecule has 1 fully saturated rings. The maximum Gasteiger partial charge on any atom is 0.243 e. The number of carbonyl (C=O) groups is 1. The van der Waals surface area contributed by atoms with Crippen molar-refractivity contribution in [3.05, 3.63) is 12.2 Å². The molecule has 23 heavy (non-hydrogen) atoms. The van der Waals surface area contributed by atoms with Gasteiger partial charge in [-0.25, -0.2) is 4.99 Å². The summed E-state index contributed by atoms with van der Waals surface area (Å²) in [5, 5.41) is 6.73. The van der Waals surface area contributed by atoms with E-state index in [1.807, 2.05) is 0 Å². The molecule has 2 rings (SSSR count). The fourth-order valence-electron chi connectivity index (χ4n) is 2.55. The second-order valence-corrected chi connectivity index (χ2v) is 6.11. The third kappa shape index (κ3) is 7.52. The van der Waals surface area contributed by atoms with Crippen molar-refractivity contribution < 1.29 is 9.53 Å². The quantitative estimate of drug-likeness (QED) is 0.297. The smallest absolute Gasteiger partial charge is 0.243 e. The maximum absolute atomic E-state index is 11.7. The first kappa shape index (κ1) is 20.2. The van der Waals surface area contributed by atoms with Crippen LogP contribution >= 0.6 is 24.0 Å². The minimum absolute atomic E-state index is 0. The van der Waals surface area contributed by atoms with Gasteiger partial charge in [0.1, 0.15) is 6.54 Å². The largest absolute Gasteiger partial charge is 0.376 e. The third-order valence-electron chi connectivity index (χ3n) is 3.99. The van der Waals surface area contributed by atoms with E-state index in [0.717, 1.165) is 38.8 Å². The Bertz CT molecular complexity index is 412. The number of halogens is 1. The van der Waals surface area contributed by atoms with E-state index in [0.29, 0.717) is 12.0 Å². The lowest BCUT2D eigenvalue weighted by Gasteiger charge is -2.25. The molecule has 1 unspecified atom stereocenters. The molecule has 2 N–H and O–H groups in total. The van der Waals surface area contributed by atoms with Crippen LogP contribution in [0.1, 0.15) is 32.1 Å². The van der Waals surface area contributed by atoms with Crippen molar-refractivity contribution in [3.63, 3.8) is 0 Å². The lowest BCUT2D eigenvalue weighted by molar-refractivity contribution is -0.127. The second kappa shape index (κ2) is 10.9. The molecule has 6 nitrogen and oxygen atoms in total. The monoisotopic (exact) mass is 436 g/mol. The number of hydrogen-bond acceptors (Lipinski definition) is 3. The molecular weight excluding hydrogens is 407 g/mol. The Hall–Kier alpha value is -0.830. The first-order chi connectivity index (χ1) is 10.6. The number of aliphatic imine (C=N–C) groups is 1. The molecule has 0 radical (unpaired) electrons. The molecule has 1 amide bonds. The van der Waals surface area contributed by atoms with E-state index in [4.69, 9.17) is 4.74 Å². The number of rotatable bonds is 5. The van der Waals surface area contributed by atoms with Crippen molar-refractivity contribution in [2.24, 2.45) is 4.99 Å². The average molecular weight is 436 g/mol. The maximum atomic E-state index is 11.7. The summed E-state index contributed by atoms with van der Waals surface area (Å²) in [4.78, 5) is 17.7. The highest BCUT2D eigenvalue weighted by atomic mass is 127. The Kier molecular flexibility index (Phi) is 9.54. The molecule has 1 saturated heterocycles. The fourth-order valence-corrected chi connectivity index (χ4v) is 2.55. The number of guanidine groups is 1. The third-order valence-corrected chi connectivity index (χ3v) is 3.99. The van der Waals surface area contributed by atoms with Crippen LogP contribution in [0.2, 0.25) is 0 Å². The number of carbonyl (C=O) groups excluding carboxylic acids is 1. The number of amides is 1. The van der Waals surface area contributed by atoms with Gasteiger partial charge >= 0.3 is 0 Å². The van der Waals surface area contributed by atoms with E-state index in [-0.39, 0.29) is 42.5 Å². The van der Waals surface area contributed by atoms with Gasteiger partial charge in [0.15, 0.2) is 5.96 Å². The van der Waals surface area contributed by atoms with Gasteiger partial charge in [-0.2, -0.15) is 0 Å². The lowest BCUT2D eigenvalue weighted by Crippen LogP contribution is -2.46. The number of hydrogen-bond donors (Lipinski definition) is 2. The summed E-state index contributed by atoms with van der Waals surface area (Å²) in [7, 11) is 3.49. The van der Waals surface area contributed by atoms with Crippen LogP contribution in [0.4, 0.5) is 0 Å². The zero-order valence-electron chi connectivity index (χ0n) is 14.1. The molecule has 0 aromatic carbocycles. The molecule has 0 saturated carbocycles. The topological polar surface area (TPSA) is 66.0 Å². The van der Waals surface area contributed by atoms with Crippen LogP contribution in [0.25, 0.3) is 0 Å². The number of likely N-dealkylation sites (N-methyl/N-ethyl adjacent to an activating group) is 1. The van der Waals surface area contributed by atoms with E-state index < -0.39 is 0 Å². The molecule has 1 aliphatic carbocycles. The normalized spacial score (nSPS) is 21.7. The van der Waals surface area contributed by atoms with Gasteiger partial charge in [0.25, 0.3) is 0 Å². The SMILES string of the molecule is CN(C)C(=O)CN=C(NCC1CCCCO1)NC1CC=CC1.I. The van der Waals surface area contributed by atoms with Gasteiger partial charge < -0.3 is 20.3 Å². The minimum atomic E-state index is -0.000404. The molecule has 1 aliphatic heterocycles. The van der Waals surface area contributed by atoms with Gasteiger partial charge in [0.2, 0.25) is 5.91 Å². The Morgan fingerprint density at radius 2 is 2.04 bits per heavy atom. The summed E-state index contributed by atoms with van der Waals surface area (Å²) in [6, 6.07) is 0.369. The molecule has 0 aromatic rings. The molecule has 7 heteroatoms. The number of nitrogens with one attached hydrogen (secondary N) is 2.